The van der Waals surface area contributed by atoms with Crippen molar-refractivity contribution in [1.29, 1.82) is 0 Å². The summed E-state index contributed by atoms with van der Waals surface area (Å²) in [5.74, 6) is -0.375. The Morgan fingerprint density at radius 3 is 2.64 bits per heavy atom. The van der Waals surface area contributed by atoms with Crippen LogP contribution in [0.25, 0.3) is 0 Å². The largest absolute Gasteiger partial charge is 0.326 e. The van der Waals surface area contributed by atoms with Crippen molar-refractivity contribution in [3.8, 4) is 0 Å². The second-order valence-corrected chi connectivity index (χ2v) is 3.29. The van der Waals surface area contributed by atoms with E-state index in [9.17, 15) is 4.39 Å². The molecule has 0 aliphatic carbocycles. The van der Waals surface area contributed by atoms with E-state index < -0.39 is 0 Å². The van der Waals surface area contributed by atoms with Crippen molar-refractivity contribution >= 4 is 27.5 Å². The van der Waals surface area contributed by atoms with Gasteiger partial charge in [-0.3, -0.25) is 0 Å². The average Bonchev–Trinajstić information content (AvgIpc) is 1.99. The van der Waals surface area contributed by atoms with Gasteiger partial charge in [0.15, 0.2) is 0 Å². The molecule has 0 amide bonds. The van der Waals surface area contributed by atoms with Gasteiger partial charge in [0.2, 0.25) is 0 Å². The summed E-state index contributed by atoms with van der Waals surface area (Å²) >= 11 is 8.69. The van der Waals surface area contributed by atoms with E-state index in [0.29, 0.717) is 15.1 Å². The van der Waals surface area contributed by atoms with E-state index in [-0.39, 0.29) is 12.4 Å². The predicted molar refractivity (Wildman–Crippen MR) is 47.0 cm³/mol. The number of halogens is 3. The van der Waals surface area contributed by atoms with Gasteiger partial charge in [-0.2, -0.15) is 0 Å². The molecule has 0 heterocycles. The number of hydrogen-bond donors (Lipinski definition) is 1. The normalized spacial score (nSPS) is 10.2. The van der Waals surface area contributed by atoms with Gasteiger partial charge in [0, 0.05) is 17.1 Å². The fourth-order valence-electron chi connectivity index (χ4n) is 0.756. The SMILES string of the molecule is NCc1c(Cl)ccc(Br)c1F. The van der Waals surface area contributed by atoms with Crippen molar-refractivity contribution in [2.24, 2.45) is 5.73 Å². The highest BCUT2D eigenvalue weighted by Crippen LogP contribution is 2.24. The van der Waals surface area contributed by atoms with Crippen molar-refractivity contribution in [3.05, 3.63) is 33.0 Å². The lowest BCUT2D eigenvalue weighted by atomic mass is 10.2. The van der Waals surface area contributed by atoms with Crippen molar-refractivity contribution < 1.29 is 4.39 Å². The van der Waals surface area contributed by atoms with Crippen LogP contribution in [-0.4, -0.2) is 0 Å². The number of nitrogens with two attached hydrogens (primary N) is 1. The quantitative estimate of drug-likeness (QED) is 0.748. The molecule has 0 bridgehead atoms. The molecule has 11 heavy (non-hydrogen) atoms. The minimum atomic E-state index is -0.375. The highest BCUT2D eigenvalue weighted by molar-refractivity contribution is 9.10. The zero-order valence-electron chi connectivity index (χ0n) is 5.57. The van der Waals surface area contributed by atoms with Gasteiger partial charge in [-0.15, -0.1) is 0 Å². The minimum Gasteiger partial charge on any atom is -0.326 e. The highest BCUT2D eigenvalue weighted by Gasteiger charge is 2.08. The number of rotatable bonds is 1. The summed E-state index contributed by atoms with van der Waals surface area (Å²) in [6.07, 6.45) is 0. The summed E-state index contributed by atoms with van der Waals surface area (Å²) in [7, 11) is 0. The smallest absolute Gasteiger partial charge is 0.143 e. The number of hydrogen-bond acceptors (Lipinski definition) is 1. The van der Waals surface area contributed by atoms with Crippen LogP contribution in [0.2, 0.25) is 5.02 Å². The fraction of sp³-hybridized carbons (Fsp3) is 0.143. The van der Waals surface area contributed by atoms with Crippen molar-refractivity contribution in [3.63, 3.8) is 0 Å². The van der Waals surface area contributed by atoms with E-state index in [2.05, 4.69) is 15.9 Å². The zero-order valence-corrected chi connectivity index (χ0v) is 7.91. The van der Waals surface area contributed by atoms with Crippen molar-refractivity contribution in [1.82, 2.24) is 0 Å². The van der Waals surface area contributed by atoms with Gasteiger partial charge in [0.1, 0.15) is 5.82 Å². The van der Waals surface area contributed by atoms with E-state index in [1.807, 2.05) is 0 Å². The Bertz CT molecular complexity index is 277. The van der Waals surface area contributed by atoms with E-state index in [4.69, 9.17) is 17.3 Å². The molecule has 0 unspecified atom stereocenters. The average molecular weight is 238 g/mol. The van der Waals surface area contributed by atoms with Crippen molar-refractivity contribution in [2.75, 3.05) is 0 Å². The summed E-state index contributed by atoms with van der Waals surface area (Å²) in [5.41, 5.74) is 5.62. The van der Waals surface area contributed by atoms with Crippen LogP contribution >= 0.6 is 27.5 Å². The van der Waals surface area contributed by atoms with Gasteiger partial charge in [0.05, 0.1) is 4.47 Å². The van der Waals surface area contributed by atoms with Crippen LogP contribution in [0.5, 0.6) is 0 Å². The first-order valence-corrected chi connectivity index (χ1v) is 4.16. The molecule has 1 aromatic rings. The maximum Gasteiger partial charge on any atom is 0.143 e. The monoisotopic (exact) mass is 237 g/mol. The molecule has 1 rings (SSSR count). The molecule has 0 spiro atoms. The lowest BCUT2D eigenvalue weighted by Gasteiger charge is -2.03. The van der Waals surface area contributed by atoms with Crippen LogP contribution in [0.1, 0.15) is 5.56 Å². The van der Waals surface area contributed by atoms with E-state index in [0.717, 1.165) is 0 Å². The maximum absolute atomic E-state index is 13.1. The first-order chi connectivity index (χ1) is 5.16. The molecule has 60 valence electrons. The van der Waals surface area contributed by atoms with Gasteiger partial charge in [0.25, 0.3) is 0 Å². The highest BCUT2D eigenvalue weighted by atomic mass is 79.9. The molecule has 0 aliphatic heterocycles. The molecule has 0 atom stereocenters. The van der Waals surface area contributed by atoms with Gasteiger partial charge in [-0.1, -0.05) is 11.6 Å². The van der Waals surface area contributed by atoms with Crippen LogP contribution in [0, 0.1) is 5.82 Å². The third-order valence-electron chi connectivity index (χ3n) is 1.34. The molecule has 4 heteroatoms. The van der Waals surface area contributed by atoms with Crippen LogP contribution in [0.3, 0.4) is 0 Å². The van der Waals surface area contributed by atoms with Gasteiger partial charge >= 0.3 is 0 Å². The molecule has 0 aromatic heterocycles. The predicted octanol–water partition coefficient (Wildman–Crippen LogP) is 2.70. The Hall–Kier alpha value is -0.120. The number of benzene rings is 1. The Morgan fingerprint density at radius 2 is 2.18 bits per heavy atom. The molecule has 1 aromatic carbocycles. The van der Waals surface area contributed by atoms with E-state index >= 15 is 0 Å². The molecule has 0 radical (unpaired) electrons. The molecule has 0 aliphatic rings. The molecule has 1 nitrogen and oxygen atoms in total. The second-order valence-electron chi connectivity index (χ2n) is 2.03. The Morgan fingerprint density at radius 1 is 1.55 bits per heavy atom. The van der Waals surface area contributed by atoms with E-state index in [1.54, 1.807) is 12.1 Å². The summed E-state index contributed by atoms with van der Waals surface area (Å²) in [6.45, 7) is 0.115. The second kappa shape index (κ2) is 3.52. The standard InChI is InChI=1S/C7H6BrClFN/c8-5-1-2-6(9)4(3-11)7(5)10/h1-2H,3,11H2. The molecule has 0 saturated carbocycles. The minimum absolute atomic E-state index is 0.115. The Labute approximate surface area is 77.5 Å². The maximum atomic E-state index is 13.1. The summed E-state index contributed by atoms with van der Waals surface area (Å²) in [4.78, 5) is 0. The van der Waals surface area contributed by atoms with Gasteiger partial charge in [-0.05, 0) is 28.1 Å². The first kappa shape index (κ1) is 8.97. The lowest BCUT2D eigenvalue weighted by Crippen LogP contribution is -2.01. The summed E-state index contributed by atoms with van der Waals surface area (Å²) in [5, 5.41) is 0.369. The molecule has 0 saturated heterocycles. The Kier molecular flexibility index (Phi) is 2.87. The van der Waals surface area contributed by atoms with Gasteiger partial charge < -0.3 is 5.73 Å². The van der Waals surface area contributed by atoms with Crippen LogP contribution in [0.4, 0.5) is 4.39 Å². The van der Waals surface area contributed by atoms with Crippen molar-refractivity contribution in [2.45, 2.75) is 6.54 Å². The topological polar surface area (TPSA) is 26.0 Å². The summed E-state index contributed by atoms with van der Waals surface area (Å²) in [6, 6.07) is 3.16. The van der Waals surface area contributed by atoms with E-state index in [1.165, 1.54) is 0 Å². The fourth-order valence-corrected chi connectivity index (χ4v) is 1.35. The lowest BCUT2D eigenvalue weighted by molar-refractivity contribution is 0.604. The van der Waals surface area contributed by atoms with Gasteiger partial charge in [-0.25, -0.2) is 4.39 Å². The first-order valence-electron chi connectivity index (χ1n) is 2.99. The molecule has 0 fully saturated rings. The third-order valence-corrected chi connectivity index (χ3v) is 2.31. The summed E-state index contributed by atoms with van der Waals surface area (Å²) < 4.78 is 13.4. The van der Waals surface area contributed by atoms with Crippen LogP contribution < -0.4 is 5.73 Å². The zero-order chi connectivity index (χ0) is 8.43. The molecule has 2 N–H and O–H groups in total. The molecular weight excluding hydrogens is 232 g/mol. The van der Waals surface area contributed by atoms with Crippen LogP contribution in [0.15, 0.2) is 16.6 Å². The Balaban J connectivity index is 3.29. The third kappa shape index (κ3) is 1.72. The van der Waals surface area contributed by atoms with Crippen LogP contribution in [-0.2, 0) is 6.54 Å². The molecular formula is C7H6BrClFN.